The first-order valence-electron chi connectivity index (χ1n) is 13.0. The standard InChI is InChI=1S/C14H23NO4.C13H21NO4.CH4/c1-5-18-11(16)14(8-10(14)9-6-7-9)15-12(17)19-13(2,3)4;1-6-9-8-13(9,10(15)17-7-2)14-11(16)18-12(3,4)5;/h9-10H,5-8H2,1-4H3,(H,15,17);6,9H,1,7-8H2,2-5H3,(H,14,16);1H4/t10-,14+;9-,13-;/m01./s1. The van der Waals surface area contributed by atoms with Gasteiger partial charge in [-0.05, 0) is 92.9 Å². The molecule has 3 fully saturated rings. The third kappa shape index (κ3) is 8.91. The summed E-state index contributed by atoms with van der Waals surface area (Å²) >= 11 is 0. The van der Waals surface area contributed by atoms with Gasteiger partial charge in [-0.25, -0.2) is 19.2 Å². The van der Waals surface area contributed by atoms with Gasteiger partial charge in [-0.2, -0.15) is 0 Å². The van der Waals surface area contributed by atoms with Crippen molar-refractivity contribution in [1.29, 1.82) is 0 Å². The first-order chi connectivity index (χ1) is 17.0. The van der Waals surface area contributed by atoms with Crippen LogP contribution in [0.3, 0.4) is 0 Å². The number of esters is 2. The molecule has 3 aliphatic rings. The van der Waals surface area contributed by atoms with Crippen LogP contribution in [0.4, 0.5) is 9.59 Å². The minimum atomic E-state index is -0.986. The van der Waals surface area contributed by atoms with E-state index in [0.29, 0.717) is 25.4 Å². The highest BCUT2D eigenvalue weighted by atomic mass is 16.6. The van der Waals surface area contributed by atoms with E-state index in [1.54, 1.807) is 61.5 Å². The van der Waals surface area contributed by atoms with Gasteiger partial charge in [0, 0.05) is 5.92 Å². The summed E-state index contributed by atoms with van der Waals surface area (Å²) in [6.07, 6.45) is 3.96. The summed E-state index contributed by atoms with van der Waals surface area (Å²) in [7, 11) is 0. The van der Waals surface area contributed by atoms with E-state index >= 15 is 0 Å². The highest BCUT2D eigenvalue weighted by Crippen LogP contribution is 2.57. The third-order valence-electron chi connectivity index (χ3n) is 6.23. The van der Waals surface area contributed by atoms with Gasteiger partial charge in [0.25, 0.3) is 0 Å². The van der Waals surface area contributed by atoms with Gasteiger partial charge in [-0.15, -0.1) is 6.58 Å². The molecule has 0 spiro atoms. The van der Waals surface area contributed by atoms with Crippen molar-refractivity contribution in [2.45, 2.75) is 111 Å². The molecule has 0 aliphatic heterocycles. The van der Waals surface area contributed by atoms with Crippen molar-refractivity contribution in [1.82, 2.24) is 10.6 Å². The first-order valence-corrected chi connectivity index (χ1v) is 13.0. The van der Waals surface area contributed by atoms with Crippen LogP contribution in [0.5, 0.6) is 0 Å². The van der Waals surface area contributed by atoms with Crippen molar-refractivity contribution in [2.24, 2.45) is 17.8 Å². The van der Waals surface area contributed by atoms with Crippen molar-refractivity contribution in [2.75, 3.05) is 13.2 Å². The third-order valence-corrected chi connectivity index (χ3v) is 6.23. The summed E-state index contributed by atoms with van der Waals surface area (Å²) in [6.45, 7) is 18.4. The van der Waals surface area contributed by atoms with Crippen LogP contribution in [-0.4, -0.2) is 59.6 Å². The lowest BCUT2D eigenvalue weighted by Crippen LogP contribution is -2.48. The molecule has 0 saturated heterocycles. The first kappa shape index (κ1) is 33.2. The summed E-state index contributed by atoms with van der Waals surface area (Å²) in [4.78, 5) is 47.5. The fraction of sp³-hybridized carbons (Fsp3) is 0.786. The number of carbonyl (C=O) groups excluding carboxylic acids is 4. The largest absolute Gasteiger partial charge is 0.464 e. The number of hydrogen-bond acceptors (Lipinski definition) is 8. The molecule has 10 nitrogen and oxygen atoms in total. The lowest BCUT2D eigenvalue weighted by molar-refractivity contribution is -0.148. The predicted molar refractivity (Wildman–Crippen MR) is 143 cm³/mol. The van der Waals surface area contributed by atoms with Crippen molar-refractivity contribution in [3.8, 4) is 0 Å². The fourth-order valence-electron chi connectivity index (χ4n) is 4.28. The molecule has 3 rings (SSSR count). The van der Waals surface area contributed by atoms with E-state index in [1.165, 1.54) is 0 Å². The van der Waals surface area contributed by atoms with Gasteiger partial charge in [0.15, 0.2) is 0 Å². The van der Waals surface area contributed by atoms with E-state index in [1.807, 2.05) is 0 Å². The molecule has 4 atom stereocenters. The van der Waals surface area contributed by atoms with Crippen LogP contribution >= 0.6 is 0 Å². The molecule has 0 aromatic rings. The van der Waals surface area contributed by atoms with Crippen LogP contribution in [0.2, 0.25) is 0 Å². The SMILES string of the molecule is C.C=C[C@@H]1C[C@]1(NC(=O)OC(C)(C)C)C(=O)OCC.CCOC(=O)[C@@]1(NC(=O)OC(C)(C)C)C[C@H]1C1CC1. The molecule has 0 heterocycles. The number of ether oxygens (including phenoxy) is 4. The smallest absolute Gasteiger partial charge is 0.408 e. The number of nitrogens with one attached hydrogen (secondary N) is 2. The number of alkyl carbamates (subject to hydrolysis) is 2. The van der Waals surface area contributed by atoms with E-state index < -0.39 is 40.4 Å². The van der Waals surface area contributed by atoms with Gasteiger partial charge in [0.1, 0.15) is 22.3 Å². The van der Waals surface area contributed by atoms with Crippen LogP contribution in [0, 0.1) is 17.8 Å². The Bertz CT molecular complexity index is 886. The van der Waals surface area contributed by atoms with Gasteiger partial charge in [-0.3, -0.25) is 0 Å². The number of rotatable bonds is 8. The molecule has 10 heteroatoms. The maximum Gasteiger partial charge on any atom is 0.408 e. The Balaban J connectivity index is 0.000000371. The zero-order valence-electron chi connectivity index (χ0n) is 23.5. The Kier molecular flexibility index (Phi) is 10.8. The average molecular weight is 541 g/mol. The molecule has 0 aromatic heterocycles. The van der Waals surface area contributed by atoms with Crippen LogP contribution in [0.1, 0.15) is 88.5 Å². The molecule has 3 aliphatic carbocycles. The van der Waals surface area contributed by atoms with Crippen molar-refractivity contribution in [3.63, 3.8) is 0 Å². The maximum absolute atomic E-state index is 12.1. The van der Waals surface area contributed by atoms with Gasteiger partial charge < -0.3 is 29.6 Å². The maximum atomic E-state index is 12.1. The Labute approximate surface area is 227 Å². The average Bonchev–Trinajstić information content (AvgIpc) is 3.60. The minimum Gasteiger partial charge on any atom is -0.464 e. The lowest BCUT2D eigenvalue weighted by atomic mass is 10.1. The number of hydrogen-bond donors (Lipinski definition) is 2. The molecule has 0 unspecified atom stereocenters. The zero-order valence-corrected chi connectivity index (χ0v) is 23.5. The van der Waals surface area contributed by atoms with Gasteiger partial charge in [0.05, 0.1) is 13.2 Å². The lowest BCUT2D eigenvalue weighted by Gasteiger charge is -2.23. The molecular weight excluding hydrogens is 492 g/mol. The van der Waals surface area contributed by atoms with Crippen molar-refractivity contribution >= 4 is 24.1 Å². The predicted octanol–water partition coefficient (Wildman–Crippen LogP) is 4.90. The van der Waals surface area contributed by atoms with Crippen LogP contribution < -0.4 is 10.6 Å². The highest BCUT2D eigenvalue weighted by Gasteiger charge is 2.67. The Morgan fingerprint density at radius 1 is 0.816 bits per heavy atom. The quantitative estimate of drug-likeness (QED) is 0.253. The summed E-state index contributed by atoms with van der Waals surface area (Å²) in [6, 6.07) is 0. The van der Waals surface area contributed by atoms with Crippen molar-refractivity contribution < 1.29 is 38.1 Å². The number of carbonyl (C=O) groups is 4. The second kappa shape index (κ2) is 12.4. The second-order valence-electron chi connectivity index (χ2n) is 11.8. The molecule has 0 aromatic carbocycles. The zero-order chi connectivity index (χ0) is 28.2. The molecule has 38 heavy (non-hydrogen) atoms. The van der Waals surface area contributed by atoms with Gasteiger partial charge in [0.2, 0.25) is 0 Å². The molecule has 0 radical (unpaired) electrons. The van der Waals surface area contributed by atoms with E-state index in [0.717, 1.165) is 12.8 Å². The molecule has 218 valence electrons. The van der Waals surface area contributed by atoms with Crippen molar-refractivity contribution in [3.05, 3.63) is 12.7 Å². The second-order valence-corrected chi connectivity index (χ2v) is 11.8. The van der Waals surface area contributed by atoms with E-state index in [-0.39, 0.29) is 31.8 Å². The monoisotopic (exact) mass is 540 g/mol. The van der Waals surface area contributed by atoms with Gasteiger partial charge in [-0.1, -0.05) is 13.5 Å². The van der Waals surface area contributed by atoms with E-state index in [4.69, 9.17) is 18.9 Å². The molecule has 0 bridgehead atoms. The molecule has 3 saturated carbocycles. The Morgan fingerprint density at radius 2 is 1.24 bits per heavy atom. The van der Waals surface area contributed by atoms with Crippen LogP contribution in [0.15, 0.2) is 12.7 Å². The van der Waals surface area contributed by atoms with Gasteiger partial charge >= 0.3 is 24.1 Å². The molecule has 2 amide bonds. The fourth-order valence-corrected chi connectivity index (χ4v) is 4.28. The highest BCUT2D eigenvalue weighted by molar-refractivity contribution is 5.90. The Morgan fingerprint density at radius 3 is 1.58 bits per heavy atom. The number of amides is 2. The van der Waals surface area contributed by atoms with Crippen LogP contribution in [0.25, 0.3) is 0 Å². The summed E-state index contributed by atoms with van der Waals surface area (Å²) in [5.41, 5.74) is -2.98. The topological polar surface area (TPSA) is 129 Å². The molecular formula is C28H48N2O8. The summed E-state index contributed by atoms with van der Waals surface area (Å²) < 4.78 is 20.4. The minimum absolute atomic E-state index is 0. The van der Waals surface area contributed by atoms with E-state index in [2.05, 4.69) is 17.2 Å². The normalized spacial score (nSPS) is 27.2. The Hall–Kier alpha value is -2.78. The molecule has 2 N–H and O–H groups in total. The summed E-state index contributed by atoms with van der Waals surface area (Å²) in [5.74, 6) is -0.0685. The summed E-state index contributed by atoms with van der Waals surface area (Å²) in [5, 5.41) is 5.35. The van der Waals surface area contributed by atoms with E-state index in [9.17, 15) is 19.2 Å². The van der Waals surface area contributed by atoms with Crippen LogP contribution in [-0.2, 0) is 28.5 Å².